The average molecular weight is 421 g/mol. The van der Waals surface area contributed by atoms with Crippen molar-refractivity contribution >= 4 is 24.0 Å². The highest BCUT2D eigenvalue weighted by Crippen LogP contribution is 2.22. The maximum Gasteiger partial charge on any atom is 0.252 e. The van der Waals surface area contributed by atoms with Gasteiger partial charge >= 0.3 is 0 Å². The van der Waals surface area contributed by atoms with Crippen molar-refractivity contribution in [1.29, 1.82) is 0 Å². The van der Waals surface area contributed by atoms with E-state index >= 15 is 0 Å². The van der Waals surface area contributed by atoms with Crippen LogP contribution in [-0.2, 0) is 11.2 Å². The number of nitrogens with zero attached hydrogens (tertiary/aromatic N) is 2. The largest absolute Gasteiger partial charge is 0.400 e. The Morgan fingerprint density at radius 2 is 1.55 bits per heavy atom. The van der Waals surface area contributed by atoms with Crippen LogP contribution < -0.4 is 4.90 Å². The first kappa shape index (κ1) is 25.1. The van der Waals surface area contributed by atoms with Crippen LogP contribution in [0.1, 0.15) is 18.4 Å². The molecule has 2 aromatic rings. The van der Waals surface area contributed by atoms with E-state index in [0.717, 1.165) is 51.7 Å². The van der Waals surface area contributed by atoms with Gasteiger partial charge in [-0.05, 0) is 56.0 Å². The summed E-state index contributed by atoms with van der Waals surface area (Å²) >= 11 is 0. The van der Waals surface area contributed by atoms with Gasteiger partial charge in [-0.25, -0.2) is 0 Å². The van der Waals surface area contributed by atoms with E-state index < -0.39 is 6.61 Å². The zero-order valence-corrected chi connectivity index (χ0v) is 17.9. The van der Waals surface area contributed by atoms with E-state index in [2.05, 4.69) is 35.2 Å². The molecule has 3 rings (SSSR count). The Kier molecular flexibility index (Phi) is 12.2. The number of carbonyl (C=O) groups is 1. The molecule has 1 aliphatic rings. The molecule has 0 saturated carbocycles. The van der Waals surface area contributed by atoms with Crippen molar-refractivity contribution in [1.82, 2.24) is 4.90 Å². The van der Waals surface area contributed by atoms with E-state index in [1.807, 2.05) is 30.3 Å². The Bertz CT molecular complexity index is 677. The Labute approximate surface area is 180 Å². The Balaban J connectivity index is 0.00000136. The molecular formula is C23H33ClN2O3. The number of rotatable bonds is 7. The molecule has 29 heavy (non-hydrogen) atoms. The number of amides is 1. The molecule has 0 atom stereocenters. The van der Waals surface area contributed by atoms with Gasteiger partial charge in [0.05, 0.1) is 0 Å². The number of carbonyl (C=O) groups excluding carboxylic acids is 1. The maximum absolute atomic E-state index is 12.2. The molecule has 0 bridgehead atoms. The number of anilines is 1. The van der Waals surface area contributed by atoms with E-state index in [1.165, 1.54) is 5.56 Å². The monoisotopic (exact) mass is 420 g/mol. The van der Waals surface area contributed by atoms with Gasteiger partial charge in [-0.2, -0.15) is 0 Å². The summed E-state index contributed by atoms with van der Waals surface area (Å²) in [5, 5.41) is 16.3. The van der Waals surface area contributed by atoms with E-state index in [9.17, 15) is 9.90 Å². The molecule has 1 amide bonds. The molecule has 0 aliphatic carbocycles. The molecule has 6 heteroatoms. The fourth-order valence-corrected chi connectivity index (χ4v) is 3.63. The average Bonchev–Trinajstić information content (AvgIpc) is 2.79. The van der Waals surface area contributed by atoms with Crippen LogP contribution in [0.5, 0.6) is 0 Å². The van der Waals surface area contributed by atoms with Crippen LogP contribution in [-0.4, -0.2) is 60.9 Å². The first-order valence-electron chi connectivity index (χ1n) is 9.93. The van der Waals surface area contributed by atoms with Gasteiger partial charge in [-0.3, -0.25) is 4.79 Å². The summed E-state index contributed by atoms with van der Waals surface area (Å²) in [6.07, 6.45) is 3.28. The molecule has 5 nitrogen and oxygen atoms in total. The van der Waals surface area contributed by atoms with Crippen LogP contribution in [0, 0.1) is 5.92 Å². The molecule has 0 radical (unpaired) electrons. The molecule has 0 unspecified atom stereocenters. The summed E-state index contributed by atoms with van der Waals surface area (Å²) in [7, 11) is 1.00. The summed E-state index contributed by atoms with van der Waals surface area (Å²) < 4.78 is 0. The Morgan fingerprint density at radius 1 is 1.00 bits per heavy atom. The summed E-state index contributed by atoms with van der Waals surface area (Å²) in [5.74, 6) is 0.265. The van der Waals surface area contributed by atoms with Crippen molar-refractivity contribution in [3.63, 3.8) is 0 Å². The number of halogens is 1. The van der Waals surface area contributed by atoms with Crippen molar-refractivity contribution in [2.75, 3.05) is 44.8 Å². The van der Waals surface area contributed by atoms with E-state index in [4.69, 9.17) is 5.11 Å². The molecular weight excluding hydrogens is 388 g/mol. The quantitative estimate of drug-likeness (QED) is 0.722. The fourth-order valence-electron chi connectivity index (χ4n) is 3.63. The molecule has 2 aromatic carbocycles. The van der Waals surface area contributed by atoms with Gasteiger partial charge in [-0.1, -0.05) is 48.5 Å². The predicted molar refractivity (Wildman–Crippen MR) is 121 cm³/mol. The van der Waals surface area contributed by atoms with Crippen molar-refractivity contribution in [2.45, 2.75) is 19.3 Å². The van der Waals surface area contributed by atoms with Crippen molar-refractivity contribution in [2.24, 2.45) is 5.92 Å². The lowest BCUT2D eigenvalue weighted by atomic mass is 9.95. The van der Waals surface area contributed by atoms with Gasteiger partial charge in [0.1, 0.15) is 6.61 Å². The molecule has 1 aliphatic heterocycles. The third-order valence-electron chi connectivity index (χ3n) is 5.21. The van der Waals surface area contributed by atoms with Crippen LogP contribution in [0.3, 0.4) is 0 Å². The minimum atomic E-state index is -0.440. The van der Waals surface area contributed by atoms with Crippen molar-refractivity contribution in [3.8, 4) is 0 Å². The van der Waals surface area contributed by atoms with Gasteiger partial charge in [-0.15, -0.1) is 12.4 Å². The molecule has 0 spiro atoms. The van der Waals surface area contributed by atoms with Gasteiger partial charge in [0.15, 0.2) is 0 Å². The lowest BCUT2D eigenvalue weighted by Gasteiger charge is -2.35. The van der Waals surface area contributed by atoms with Gasteiger partial charge in [0.2, 0.25) is 0 Å². The summed E-state index contributed by atoms with van der Waals surface area (Å²) in [6, 6.07) is 20.3. The fraction of sp³-hybridized carbons (Fsp3) is 0.435. The van der Waals surface area contributed by atoms with Crippen LogP contribution >= 0.6 is 12.4 Å². The summed E-state index contributed by atoms with van der Waals surface area (Å²) in [4.78, 5) is 16.4. The van der Waals surface area contributed by atoms with E-state index in [1.54, 1.807) is 4.90 Å². The minimum Gasteiger partial charge on any atom is -0.400 e. The van der Waals surface area contributed by atoms with Gasteiger partial charge < -0.3 is 20.0 Å². The third-order valence-corrected chi connectivity index (χ3v) is 5.21. The Hall–Kier alpha value is -1.92. The SMILES string of the molecule is CO.Cl.O=C(CO)N(CC1CCN(CCc2ccccc2)CC1)c1ccccc1. The van der Waals surface area contributed by atoms with Crippen molar-refractivity contribution in [3.05, 3.63) is 66.2 Å². The summed E-state index contributed by atoms with van der Waals surface area (Å²) in [5.41, 5.74) is 2.26. The lowest BCUT2D eigenvalue weighted by Crippen LogP contribution is -2.42. The molecule has 0 aromatic heterocycles. The van der Waals surface area contributed by atoms with Crippen LogP contribution in [0.15, 0.2) is 60.7 Å². The molecule has 160 valence electrons. The molecule has 2 N–H and O–H groups in total. The third kappa shape index (κ3) is 8.15. The number of para-hydroxylation sites is 1. The van der Waals surface area contributed by atoms with Crippen LogP contribution in [0.25, 0.3) is 0 Å². The number of hydrogen-bond donors (Lipinski definition) is 2. The first-order chi connectivity index (χ1) is 13.8. The number of benzene rings is 2. The van der Waals surface area contributed by atoms with Gasteiger partial charge in [0.25, 0.3) is 5.91 Å². The maximum atomic E-state index is 12.2. The van der Waals surface area contributed by atoms with Crippen LogP contribution in [0.2, 0.25) is 0 Å². The highest BCUT2D eigenvalue weighted by Gasteiger charge is 2.24. The smallest absolute Gasteiger partial charge is 0.252 e. The number of hydrogen-bond acceptors (Lipinski definition) is 4. The van der Waals surface area contributed by atoms with Crippen molar-refractivity contribution < 1.29 is 15.0 Å². The van der Waals surface area contributed by atoms with E-state index in [-0.39, 0.29) is 18.3 Å². The highest BCUT2D eigenvalue weighted by molar-refractivity contribution is 5.94. The zero-order chi connectivity index (χ0) is 20.2. The van der Waals surface area contributed by atoms with Crippen LogP contribution in [0.4, 0.5) is 5.69 Å². The lowest BCUT2D eigenvalue weighted by molar-refractivity contribution is -0.121. The number of aliphatic hydroxyl groups excluding tert-OH is 2. The predicted octanol–water partition coefficient (Wildman–Crippen LogP) is 3.00. The second-order valence-electron chi connectivity index (χ2n) is 7.02. The second kappa shape index (κ2) is 14.1. The summed E-state index contributed by atoms with van der Waals surface area (Å²) in [6.45, 7) is 3.50. The topological polar surface area (TPSA) is 64.0 Å². The second-order valence-corrected chi connectivity index (χ2v) is 7.02. The Morgan fingerprint density at radius 3 is 2.10 bits per heavy atom. The molecule has 1 heterocycles. The van der Waals surface area contributed by atoms with Gasteiger partial charge in [0, 0.05) is 25.9 Å². The minimum absolute atomic E-state index is 0. The first-order valence-corrected chi connectivity index (χ1v) is 9.93. The standard InChI is InChI=1S/C22H28N2O2.CH4O.ClH/c25-18-22(26)24(21-9-5-2-6-10-21)17-20-12-15-23(16-13-20)14-11-19-7-3-1-4-8-19;1-2;/h1-10,20,25H,11-18H2;2H,1H3;1H. The number of piperidine rings is 1. The number of likely N-dealkylation sites (tertiary alicyclic amines) is 1. The molecule has 1 fully saturated rings. The molecule has 1 saturated heterocycles. The van der Waals surface area contributed by atoms with E-state index in [0.29, 0.717) is 12.5 Å². The zero-order valence-electron chi connectivity index (χ0n) is 17.1. The normalized spacial score (nSPS) is 14.3. The highest BCUT2D eigenvalue weighted by atomic mass is 35.5. The number of aliphatic hydroxyl groups is 2.